The van der Waals surface area contributed by atoms with Gasteiger partial charge in [0.25, 0.3) is 0 Å². The third-order valence-corrected chi connectivity index (χ3v) is 8.90. The van der Waals surface area contributed by atoms with Crippen LogP contribution in [0.5, 0.6) is 11.5 Å². The average Bonchev–Trinajstić information content (AvgIpc) is 3.45. The van der Waals surface area contributed by atoms with Crippen LogP contribution < -0.4 is 9.47 Å². The zero-order chi connectivity index (χ0) is 26.3. The number of benzene rings is 1. The second-order valence-corrected chi connectivity index (χ2v) is 11.4. The number of allylic oxidation sites excluding steroid dienone is 2. The Hall–Kier alpha value is -2.76. The Kier molecular flexibility index (Phi) is 9.08. The molecule has 6 heteroatoms. The first-order chi connectivity index (χ1) is 18.7. The third kappa shape index (κ3) is 6.10. The van der Waals surface area contributed by atoms with Gasteiger partial charge in [0, 0.05) is 32.1 Å². The lowest BCUT2D eigenvalue weighted by molar-refractivity contribution is -0.137. The molecular weight excluding hydrogens is 476 g/mol. The predicted octanol–water partition coefficient (Wildman–Crippen LogP) is 6.08. The zero-order valence-corrected chi connectivity index (χ0v) is 23.0. The number of carbonyl (C=O) groups excluding carboxylic acids is 2. The van der Waals surface area contributed by atoms with Crippen molar-refractivity contribution in [1.29, 1.82) is 0 Å². The molecule has 3 aliphatic heterocycles. The number of ether oxygens (including phenoxy) is 2. The largest absolute Gasteiger partial charge is 0.454 e. The molecule has 0 saturated carbocycles. The molecule has 0 N–H and O–H groups in total. The molecule has 0 unspecified atom stereocenters. The van der Waals surface area contributed by atoms with Crippen molar-refractivity contribution in [2.45, 2.75) is 77.0 Å². The quantitative estimate of drug-likeness (QED) is 0.237. The van der Waals surface area contributed by atoms with Crippen LogP contribution in [0.3, 0.4) is 0 Å². The van der Waals surface area contributed by atoms with Crippen molar-refractivity contribution >= 4 is 11.8 Å². The van der Waals surface area contributed by atoms with E-state index in [-0.39, 0.29) is 42.3 Å². The predicted molar refractivity (Wildman–Crippen MR) is 149 cm³/mol. The van der Waals surface area contributed by atoms with Gasteiger partial charge in [-0.25, -0.2) is 0 Å². The minimum Gasteiger partial charge on any atom is -0.454 e. The molecule has 3 heterocycles. The number of unbranched alkanes of at least 4 members (excludes halogenated alkanes) is 2. The molecule has 1 aromatic rings. The molecule has 38 heavy (non-hydrogen) atoms. The van der Waals surface area contributed by atoms with Crippen molar-refractivity contribution in [1.82, 2.24) is 9.80 Å². The van der Waals surface area contributed by atoms with E-state index in [1.54, 1.807) is 0 Å². The Morgan fingerprint density at radius 2 is 1.61 bits per heavy atom. The van der Waals surface area contributed by atoms with Gasteiger partial charge in [-0.05, 0) is 80.6 Å². The number of piperidine rings is 2. The number of amides is 2. The smallest absolute Gasteiger partial charge is 0.246 e. The van der Waals surface area contributed by atoms with Crippen molar-refractivity contribution in [2.75, 3.05) is 33.0 Å². The molecule has 0 radical (unpaired) electrons. The first kappa shape index (κ1) is 26.8. The average molecular weight is 521 g/mol. The van der Waals surface area contributed by atoms with Crippen molar-refractivity contribution in [2.24, 2.45) is 17.8 Å². The summed E-state index contributed by atoms with van der Waals surface area (Å²) < 4.78 is 11.3. The van der Waals surface area contributed by atoms with Gasteiger partial charge < -0.3 is 19.3 Å². The van der Waals surface area contributed by atoms with Crippen LogP contribution in [0.25, 0.3) is 0 Å². The third-order valence-electron chi connectivity index (χ3n) is 8.90. The van der Waals surface area contributed by atoms with Gasteiger partial charge in [0.05, 0.1) is 5.92 Å². The summed E-state index contributed by atoms with van der Waals surface area (Å²) in [7, 11) is 0. The maximum absolute atomic E-state index is 13.9. The number of hydrogen-bond donors (Lipinski definition) is 0. The molecule has 2 fully saturated rings. The molecule has 0 aromatic heterocycles. The van der Waals surface area contributed by atoms with Gasteiger partial charge in [-0.2, -0.15) is 0 Å². The topological polar surface area (TPSA) is 59.1 Å². The van der Waals surface area contributed by atoms with Crippen LogP contribution in [0.15, 0.2) is 42.5 Å². The number of carbonyl (C=O) groups is 2. The van der Waals surface area contributed by atoms with Gasteiger partial charge in [0.1, 0.15) is 0 Å². The van der Waals surface area contributed by atoms with Gasteiger partial charge in [-0.15, -0.1) is 0 Å². The Labute approximate surface area is 228 Å². The van der Waals surface area contributed by atoms with Crippen LogP contribution in [-0.2, 0) is 9.59 Å². The van der Waals surface area contributed by atoms with Crippen LogP contribution in [0.4, 0.5) is 0 Å². The van der Waals surface area contributed by atoms with E-state index in [0.717, 1.165) is 94.6 Å². The van der Waals surface area contributed by atoms with E-state index in [2.05, 4.69) is 42.2 Å². The van der Waals surface area contributed by atoms with Gasteiger partial charge in [0.15, 0.2) is 11.5 Å². The summed E-state index contributed by atoms with van der Waals surface area (Å²) in [6.45, 7) is 5.89. The Bertz CT molecular complexity index is 1020. The van der Waals surface area contributed by atoms with Gasteiger partial charge in [-0.1, -0.05) is 50.5 Å². The van der Waals surface area contributed by atoms with E-state index >= 15 is 0 Å². The first-order valence-electron chi connectivity index (χ1n) is 15.0. The summed E-state index contributed by atoms with van der Waals surface area (Å²) in [5.41, 5.74) is 1.15. The number of hydrogen-bond acceptors (Lipinski definition) is 4. The van der Waals surface area contributed by atoms with E-state index in [4.69, 9.17) is 9.47 Å². The minimum atomic E-state index is -0.144. The Morgan fingerprint density at radius 1 is 0.895 bits per heavy atom. The molecule has 5 rings (SSSR count). The summed E-state index contributed by atoms with van der Waals surface area (Å²) in [4.78, 5) is 31.1. The summed E-state index contributed by atoms with van der Waals surface area (Å²) >= 11 is 0. The summed E-state index contributed by atoms with van der Waals surface area (Å²) in [6, 6.07) is 6.19. The highest BCUT2D eigenvalue weighted by Gasteiger charge is 2.40. The number of fused-ring (bicyclic) bond motifs is 1. The van der Waals surface area contributed by atoms with Crippen LogP contribution >= 0.6 is 0 Å². The molecule has 206 valence electrons. The molecule has 2 amide bonds. The molecule has 0 spiro atoms. The van der Waals surface area contributed by atoms with Crippen molar-refractivity contribution < 1.29 is 19.1 Å². The van der Waals surface area contributed by atoms with Gasteiger partial charge in [0.2, 0.25) is 18.6 Å². The highest BCUT2D eigenvalue weighted by molar-refractivity contribution is 5.87. The SMILES string of the molecule is CCCCC[C@H]1[C@H](C=CC(=O)N2CCCCC2)[C@@H](c2ccc3c(c2)OCO3)C=C[C@H]1C(=O)N1CCCCC1. The molecule has 4 aliphatic rings. The lowest BCUT2D eigenvalue weighted by atomic mass is 9.66. The van der Waals surface area contributed by atoms with E-state index in [1.807, 2.05) is 17.0 Å². The lowest BCUT2D eigenvalue weighted by Crippen LogP contribution is -2.44. The molecular formula is C32H44N2O4. The molecule has 1 aliphatic carbocycles. The summed E-state index contributed by atoms with van der Waals surface area (Å²) in [5, 5.41) is 0. The Morgan fingerprint density at radius 3 is 2.34 bits per heavy atom. The standard InChI is InChI=1S/C32H44N2O4/c1-2-3-6-11-26-27(15-17-31(35)33-18-7-4-8-19-33)25(24-12-16-29-30(22-24)38-23-37-29)13-14-28(26)32(36)34-20-9-5-10-21-34/h12-17,22,25-28H,2-11,18-21,23H2,1H3/t25-,26+,27-,28-/m1/s1. The monoisotopic (exact) mass is 520 g/mol. The van der Waals surface area contributed by atoms with Crippen LogP contribution in [0, 0.1) is 17.8 Å². The van der Waals surface area contributed by atoms with E-state index in [9.17, 15) is 9.59 Å². The van der Waals surface area contributed by atoms with Crippen molar-refractivity contribution in [3.05, 3.63) is 48.1 Å². The summed E-state index contributed by atoms with van der Waals surface area (Å²) in [5.74, 6) is 2.08. The highest BCUT2D eigenvalue weighted by atomic mass is 16.7. The maximum atomic E-state index is 13.9. The van der Waals surface area contributed by atoms with Gasteiger partial charge in [-0.3, -0.25) is 9.59 Å². The molecule has 4 atom stereocenters. The van der Waals surface area contributed by atoms with E-state index in [0.29, 0.717) is 0 Å². The van der Waals surface area contributed by atoms with Crippen LogP contribution in [0.1, 0.15) is 82.6 Å². The number of rotatable bonds is 8. The van der Waals surface area contributed by atoms with Crippen LogP contribution in [0.2, 0.25) is 0 Å². The maximum Gasteiger partial charge on any atom is 0.246 e. The molecule has 2 saturated heterocycles. The minimum absolute atomic E-state index is 0.0599. The number of nitrogens with zero attached hydrogens (tertiary/aromatic N) is 2. The molecule has 0 bridgehead atoms. The first-order valence-corrected chi connectivity index (χ1v) is 15.0. The van der Waals surface area contributed by atoms with E-state index in [1.165, 1.54) is 12.8 Å². The highest BCUT2D eigenvalue weighted by Crippen LogP contribution is 2.46. The van der Waals surface area contributed by atoms with Crippen LogP contribution in [-0.4, -0.2) is 54.6 Å². The van der Waals surface area contributed by atoms with Gasteiger partial charge >= 0.3 is 0 Å². The second-order valence-electron chi connectivity index (χ2n) is 11.4. The van der Waals surface area contributed by atoms with Crippen molar-refractivity contribution in [3.63, 3.8) is 0 Å². The zero-order valence-electron chi connectivity index (χ0n) is 23.0. The summed E-state index contributed by atoms with van der Waals surface area (Å²) in [6.07, 6.45) is 19.5. The van der Waals surface area contributed by atoms with E-state index < -0.39 is 0 Å². The van der Waals surface area contributed by atoms with Crippen molar-refractivity contribution in [3.8, 4) is 11.5 Å². The second kappa shape index (κ2) is 12.9. The fourth-order valence-corrected chi connectivity index (χ4v) is 6.74. The lowest BCUT2D eigenvalue weighted by Gasteiger charge is -2.41. The normalized spacial score (nSPS) is 27.2. The fraction of sp³-hybridized carbons (Fsp3) is 0.625. The number of likely N-dealkylation sites (tertiary alicyclic amines) is 2. The molecule has 1 aromatic carbocycles. The Balaban J connectivity index is 1.47. The molecule has 6 nitrogen and oxygen atoms in total. The fourth-order valence-electron chi connectivity index (χ4n) is 6.74.